The van der Waals surface area contributed by atoms with Crippen LogP contribution in [0.4, 0.5) is 5.69 Å². The van der Waals surface area contributed by atoms with Crippen molar-refractivity contribution in [2.45, 2.75) is 33.2 Å². The number of hydrogen-bond donors (Lipinski definition) is 0. The Morgan fingerprint density at radius 1 is 1.36 bits per heavy atom. The fourth-order valence-electron chi connectivity index (χ4n) is 3.03. The Balaban J connectivity index is 2.33. The zero-order valence-corrected chi connectivity index (χ0v) is 15.4. The normalized spacial score (nSPS) is 15.2. The van der Waals surface area contributed by atoms with Crippen molar-refractivity contribution in [3.63, 3.8) is 0 Å². The van der Waals surface area contributed by atoms with Crippen molar-refractivity contribution in [1.29, 1.82) is 0 Å². The number of carbonyl (C=O) groups excluding carboxylic acids is 1. The van der Waals surface area contributed by atoms with Gasteiger partial charge in [0.25, 0.3) is 0 Å². The number of benzene rings is 1. The largest absolute Gasteiger partial charge is 0.494 e. The van der Waals surface area contributed by atoms with Crippen LogP contribution >= 0.6 is 32.9 Å². The highest BCUT2D eigenvalue weighted by Crippen LogP contribution is 2.52. The van der Waals surface area contributed by atoms with Gasteiger partial charge in [-0.05, 0) is 39.0 Å². The Bertz CT molecular complexity index is 804. The number of hydrogen-bond acceptors (Lipinski definition) is 5. The zero-order chi connectivity index (χ0) is 16.1. The first-order valence-electron chi connectivity index (χ1n) is 7.09. The van der Waals surface area contributed by atoms with Crippen molar-refractivity contribution in [3.8, 4) is 16.9 Å². The van der Waals surface area contributed by atoms with Gasteiger partial charge in [-0.1, -0.05) is 32.9 Å². The summed E-state index contributed by atoms with van der Waals surface area (Å²) in [5, 5.41) is 0. The van der Waals surface area contributed by atoms with Crippen molar-refractivity contribution in [3.05, 3.63) is 26.9 Å². The molecule has 0 atom stereocenters. The van der Waals surface area contributed by atoms with E-state index in [4.69, 9.17) is 17.0 Å². The van der Waals surface area contributed by atoms with Crippen LogP contribution in [-0.2, 0) is 10.3 Å². The Morgan fingerprint density at radius 2 is 2.09 bits per heavy atom. The Labute approximate surface area is 142 Å². The quantitative estimate of drug-likeness (QED) is 0.550. The number of anilines is 1. The fourth-order valence-corrected chi connectivity index (χ4v) is 6.31. The first-order valence-corrected chi connectivity index (χ1v) is 9.65. The summed E-state index contributed by atoms with van der Waals surface area (Å²) < 4.78 is 6.50. The summed E-state index contributed by atoms with van der Waals surface area (Å²) in [4.78, 5) is 15.3. The molecule has 2 aromatic rings. The molecular weight excluding hydrogens is 334 g/mol. The van der Waals surface area contributed by atoms with E-state index in [2.05, 4.69) is 13.8 Å². The van der Waals surface area contributed by atoms with E-state index < -0.39 is 0 Å². The standard InChI is InChI=1S/C16H17NO2S3/c1-5-19-10-6-7-12-11(8-10)13-14(21-22-15(13)20)16(3,4)17(12)9(2)18/h6-8H,5H2,1-4H3. The van der Waals surface area contributed by atoms with Gasteiger partial charge in [0.1, 0.15) is 9.57 Å². The topological polar surface area (TPSA) is 29.5 Å². The Kier molecular flexibility index (Phi) is 3.87. The summed E-state index contributed by atoms with van der Waals surface area (Å²) in [5.74, 6) is 0.839. The van der Waals surface area contributed by atoms with Gasteiger partial charge < -0.3 is 9.64 Å². The van der Waals surface area contributed by atoms with E-state index in [1.165, 1.54) is 0 Å². The van der Waals surface area contributed by atoms with Gasteiger partial charge in [-0.25, -0.2) is 0 Å². The molecule has 22 heavy (non-hydrogen) atoms. The molecule has 116 valence electrons. The van der Waals surface area contributed by atoms with Crippen molar-refractivity contribution in [2.24, 2.45) is 0 Å². The molecule has 0 bridgehead atoms. The average molecular weight is 352 g/mol. The number of amides is 1. The molecule has 1 aliphatic heterocycles. The van der Waals surface area contributed by atoms with E-state index in [9.17, 15) is 4.79 Å². The van der Waals surface area contributed by atoms with Crippen LogP contribution in [0.5, 0.6) is 5.75 Å². The van der Waals surface area contributed by atoms with Crippen molar-refractivity contribution < 1.29 is 9.53 Å². The van der Waals surface area contributed by atoms with Gasteiger partial charge in [-0.3, -0.25) is 4.79 Å². The van der Waals surface area contributed by atoms with E-state index in [-0.39, 0.29) is 11.4 Å². The molecule has 0 saturated carbocycles. The van der Waals surface area contributed by atoms with Crippen molar-refractivity contribution in [1.82, 2.24) is 0 Å². The van der Waals surface area contributed by atoms with E-state index >= 15 is 0 Å². The van der Waals surface area contributed by atoms with Crippen LogP contribution in [0.3, 0.4) is 0 Å². The fraction of sp³-hybridized carbons (Fsp3) is 0.375. The molecule has 0 N–H and O–H groups in total. The minimum Gasteiger partial charge on any atom is -0.494 e. The van der Waals surface area contributed by atoms with Crippen molar-refractivity contribution >= 4 is 44.5 Å². The molecular formula is C16H17NO2S3. The summed E-state index contributed by atoms with van der Waals surface area (Å²) in [6.45, 7) is 8.33. The van der Waals surface area contributed by atoms with E-state index in [0.29, 0.717) is 6.61 Å². The molecule has 0 spiro atoms. The van der Waals surface area contributed by atoms with E-state index in [0.717, 1.165) is 31.3 Å². The predicted octanol–water partition coefficient (Wildman–Crippen LogP) is 5.21. The summed E-state index contributed by atoms with van der Waals surface area (Å²) in [7, 11) is 3.26. The van der Waals surface area contributed by atoms with Crippen LogP contribution in [-0.4, -0.2) is 12.5 Å². The van der Waals surface area contributed by atoms with Gasteiger partial charge in [0.05, 0.1) is 22.7 Å². The van der Waals surface area contributed by atoms with Gasteiger partial charge >= 0.3 is 0 Å². The second-order valence-corrected chi connectivity index (χ2v) is 8.50. The summed E-state index contributed by atoms with van der Waals surface area (Å²) in [6, 6.07) is 5.87. The maximum Gasteiger partial charge on any atom is 0.224 e. The summed E-state index contributed by atoms with van der Waals surface area (Å²) >= 11 is 5.55. The molecule has 2 heterocycles. The van der Waals surface area contributed by atoms with Gasteiger partial charge in [-0.15, -0.1) is 0 Å². The molecule has 1 aromatic heterocycles. The summed E-state index contributed by atoms with van der Waals surface area (Å²) in [5.41, 5.74) is 2.60. The Hall–Kier alpha value is -1.24. The lowest BCUT2D eigenvalue weighted by Gasteiger charge is -2.42. The number of fused-ring (bicyclic) bond motifs is 3. The first-order chi connectivity index (χ1) is 10.4. The molecule has 1 amide bonds. The molecule has 1 aliphatic rings. The van der Waals surface area contributed by atoms with E-state index in [1.54, 1.807) is 27.6 Å². The molecule has 0 unspecified atom stereocenters. The van der Waals surface area contributed by atoms with Crippen LogP contribution < -0.4 is 9.64 Å². The highest BCUT2D eigenvalue weighted by atomic mass is 32.9. The lowest BCUT2D eigenvalue weighted by molar-refractivity contribution is -0.117. The monoisotopic (exact) mass is 351 g/mol. The van der Waals surface area contributed by atoms with Crippen LogP contribution in [0.15, 0.2) is 18.2 Å². The number of nitrogens with zero attached hydrogens (tertiary/aromatic N) is 1. The SMILES string of the molecule is CCOc1ccc2c(c1)-c1c(ssc1=S)C(C)(C)N2C(C)=O. The molecule has 0 saturated heterocycles. The van der Waals surface area contributed by atoms with Crippen molar-refractivity contribution in [2.75, 3.05) is 11.5 Å². The summed E-state index contributed by atoms with van der Waals surface area (Å²) in [6.07, 6.45) is 0. The van der Waals surface area contributed by atoms with Gasteiger partial charge in [0, 0.05) is 18.1 Å². The number of ether oxygens (including phenoxy) is 1. The minimum atomic E-state index is -0.389. The molecule has 3 rings (SSSR count). The maximum atomic E-state index is 12.3. The zero-order valence-electron chi connectivity index (χ0n) is 12.9. The lowest BCUT2D eigenvalue weighted by atomic mass is 9.87. The minimum absolute atomic E-state index is 0.0328. The molecule has 0 radical (unpaired) electrons. The van der Waals surface area contributed by atoms with Gasteiger partial charge in [0.15, 0.2) is 0 Å². The van der Waals surface area contributed by atoms with Crippen LogP contribution in [0, 0.1) is 3.82 Å². The highest BCUT2D eigenvalue weighted by Gasteiger charge is 2.41. The number of carbonyl (C=O) groups is 1. The smallest absolute Gasteiger partial charge is 0.224 e. The Morgan fingerprint density at radius 3 is 2.73 bits per heavy atom. The molecule has 3 nitrogen and oxygen atoms in total. The van der Waals surface area contributed by atoms with Crippen LogP contribution in [0.1, 0.15) is 32.6 Å². The first kappa shape index (κ1) is 15.6. The highest BCUT2D eigenvalue weighted by molar-refractivity contribution is 7.80. The average Bonchev–Trinajstić information content (AvgIpc) is 2.82. The van der Waals surface area contributed by atoms with Gasteiger partial charge in [0.2, 0.25) is 5.91 Å². The third-order valence-corrected chi connectivity index (χ3v) is 7.18. The maximum absolute atomic E-state index is 12.3. The third kappa shape index (κ3) is 2.21. The molecule has 6 heteroatoms. The second-order valence-electron chi connectivity index (χ2n) is 5.68. The third-order valence-electron chi connectivity index (χ3n) is 3.85. The van der Waals surface area contributed by atoms with E-state index in [1.807, 2.05) is 30.0 Å². The lowest BCUT2D eigenvalue weighted by Crippen LogP contribution is -2.46. The molecule has 0 fully saturated rings. The molecule has 0 aliphatic carbocycles. The predicted molar refractivity (Wildman–Crippen MR) is 95.8 cm³/mol. The number of rotatable bonds is 2. The second kappa shape index (κ2) is 5.44. The molecule has 1 aromatic carbocycles. The van der Waals surface area contributed by atoms with Crippen LogP contribution in [0.2, 0.25) is 0 Å². The van der Waals surface area contributed by atoms with Gasteiger partial charge in [-0.2, -0.15) is 0 Å². The van der Waals surface area contributed by atoms with Crippen LogP contribution in [0.25, 0.3) is 11.1 Å².